The van der Waals surface area contributed by atoms with Gasteiger partial charge in [0.2, 0.25) is 0 Å². The molecule has 0 heterocycles. The Bertz CT molecular complexity index is 11.6. The molecule has 0 aromatic heterocycles. The SMILES string of the molecule is [H-].[Li+].[O]=[Fe].[SiH4]. The second-order valence-corrected chi connectivity index (χ2v) is 0. The molecule has 0 fully saturated rings. The summed E-state index contributed by atoms with van der Waals surface area (Å²) in [7, 11) is 0. The summed E-state index contributed by atoms with van der Waals surface area (Å²) >= 11 is 2.00. The molecule has 0 aliphatic heterocycles. The topological polar surface area (TPSA) is 17.1 Å². The third-order valence-electron chi connectivity index (χ3n) is 0. The van der Waals surface area contributed by atoms with E-state index < -0.39 is 0 Å². The molecule has 0 N–H and O–H groups in total. The maximum atomic E-state index is 8.00. The van der Waals surface area contributed by atoms with Crippen LogP contribution in [0.5, 0.6) is 0 Å². The Morgan fingerprint density at radius 2 is 1.50 bits per heavy atom. The van der Waals surface area contributed by atoms with Crippen molar-refractivity contribution in [3.8, 4) is 0 Å². The van der Waals surface area contributed by atoms with Crippen LogP contribution in [0.2, 0.25) is 0 Å². The van der Waals surface area contributed by atoms with Crippen LogP contribution in [0, 0.1) is 0 Å². The molecule has 0 aliphatic carbocycles. The first-order chi connectivity index (χ1) is 1.00. The average molecular weight is 112 g/mol. The van der Waals surface area contributed by atoms with Gasteiger partial charge in [0.25, 0.3) is 0 Å². The van der Waals surface area contributed by atoms with Gasteiger partial charge in [-0.2, -0.15) is 0 Å². The van der Waals surface area contributed by atoms with Crippen LogP contribution in [0.4, 0.5) is 0 Å². The predicted octanol–water partition coefficient (Wildman–Crippen LogP) is -4.46. The molecular formula is H5FeLiOSi. The molecule has 0 aliphatic rings. The van der Waals surface area contributed by atoms with Crippen molar-refractivity contribution in [2.75, 3.05) is 0 Å². The molecular weight excluding hydrogens is 107 g/mol. The van der Waals surface area contributed by atoms with Crippen LogP contribution >= 0.6 is 0 Å². The van der Waals surface area contributed by atoms with Gasteiger partial charge in [-0.15, -0.1) is 0 Å². The fourth-order valence-corrected chi connectivity index (χ4v) is 0. The van der Waals surface area contributed by atoms with E-state index in [1.54, 1.807) is 0 Å². The van der Waals surface area contributed by atoms with Crippen molar-refractivity contribution in [2.24, 2.45) is 0 Å². The van der Waals surface area contributed by atoms with Crippen LogP contribution in [0.3, 0.4) is 0 Å². The van der Waals surface area contributed by atoms with E-state index in [0.717, 1.165) is 0 Å². The van der Waals surface area contributed by atoms with E-state index in [1.807, 2.05) is 15.9 Å². The fraction of sp³-hybridized carbons (Fsp3) is 0. The van der Waals surface area contributed by atoms with Gasteiger partial charge in [0.05, 0.1) is 0 Å². The molecule has 0 amide bonds. The summed E-state index contributed by atoms with van der Waals surface area (Å²) < 4.78 is 8.00. The van der Waals surface area contributed by atoms with Gasteiger partial charge in [-0.1, -0.05) is 0 Å². The second-order valence-electron chi connectivity index (χ2n) is 0. The van der Waals surface area contributed by atoms with E-state index >= 15 is 0 Å². The van der Waals surface area contributed by atoms with Crippen molar-refractivity contribution >= 4 is 11.0 Å². The largest absolute Gasteiger partial charge is 0.0149 e. The molecule has 0 aromatic rings. The molecule has 4 heteroatoms. The maximum absolute atomic E-state index is 8.00. The Morgan fingerprint density at radius 3 is 1.50 bits per heavy atom. The Hall–Kier alpha value is 1.13. The van der Waals surface area contributed by atoms with Crippen molar-refractivity contribution < 1.29 is 40.1 Å². The van der Waals surface area contributed by atoms with E-state index in [1.165, 1.54) is 0 Å². The van der Waals surface area contributed by atoms with Gasteiger partial charge >= 0.3 is 38.6 Å². The van der Waals surface area contributed by atoms with Gasteiger partial charge in [0.1, 0.15) is 0 Å². The van der Waals surface area contributed by atoms with Crippen LogP contribution in [-0.2, 0) is 19.8 Å². The first-order valence-electron chi connectivity index (χ1n) is 0.144. The summed E-state index contributed by atoms with van der Waals surface area (Å²) in [6.07, 6.45) is 0. The van der Waals surface area contributed by atoms with Crippen LogP contribution in [0.25, 0.3) is 0 Å². The standard InChI is InChI=1S/Fe.Li.O.H4Si.H/h;;;1H4;/q;+1;;;-1. The quantitative estimate of drug-likeness (QED) is 0.289. The minimum atomic E-state index is 0. The summed E-state index contributed by atoms with van der Waals surface area (Å²) in [5.74, 6) is 0. The molecule has 0 saturated heterocycles. The number of hydrogen-bond acceptors (Lipinski definition) is 1. The zero-order chi connectivity index (χ0) is 2.00. The van der Waals surface area contributed by atoms with Gasteiger partial charge in [-0.05, 0) is 11.0 Å². The van der Waals surface area contributed by atoms with Gasteiger partial charge in [0, 0.05) is 0 Å². The van der Waals surface area contributed by atoms with Crippen LogP contribution < -0.4 is 18.9 Å². The molecule has 0 rings (SSSR count). The second kappa shape index (κ2) is 31.6. The zero-order valence-electron chi connectivity index (χ0n) is 2.76. The minimum absolute atomic E-state index is 0. The van der Waals surface area contributed by atoms with Gasteiger partial charge in [-0.3, -0.25) is 0 Å². The van der Waals surface area contributed by atoms with Crippen molar-refractivity contribution in [1.29, 1.82) is 0 Å². The predicted molar refractivity (Wildman–Crippen MR) is 13.1 cm³/mol. The fourth-order valence-electron chi connectivity index (χ4n) is 0. The van der Waals surface area contributed by atoms with Crippen molar-refractivity contribution in [2.45, 2.75) is 0 Å². The molecule has 0 atom stereocenters. The van der Waals surface area contributed by atoms with E-state index in [9.17, 15) is 0 Å². The first-order valence-corrected chi connectivity index (χ1v) is 0.595. The van der Waals surface area contributed by atoms with Gasteiger partial charge in [-0.25, -0.2) is 0 Å². The summed E-state index contributed by atoms with van der Waals surface area (Å²) in [4.78, 5) is 0. The molecule has 1 nitrogen and oxygen atoms in total. The third-order valence-corrected chi connectivity index (χ3v) is 0. The summed E-state index contributed by atoms with van der Waals surface area (Å²) in [5.41, 5.74) is 0. The Kier molecular flexibility index (Phi) is 152. The van der Waals surface area contributed by atoms with Crippen molar-refractivity contribution in [3.63, 3.8) is 0 Å². The number of rotatable bonds is 0. The average Bonchev–Trinajstić information content (AvgIpc) is 1.00. The van der Waals surface area contributed by atoms with E-state index in [-0.39, 0.29) is 31.3 Å². The number of hydrogen-bond donors (Lipinski definition) is 0. The van der Waals surface area contributed by atoms with Crippen molar-refractivity contribution in [1.82, 2.24) is 0 Å². The molecule has 0 aromatic carbocycles. The normalized spacial score (nSPS) is 1.25. The summed E-state index contributed by atoms with van der Waals surface area (Å²) in [6.45, 7) is 0. The maximum Gasteiger partial charge on any atom is -0.0149 e. The Balaban J connectivity index is -0.00000000167. The minimum Gasteiger partial charge on any atom is -0.0149 e. The molecule has 4 heavy (non-hydrogen) atoms. The van der Waals surface area contributed by atoms with E-state index in [4.69, 9.17) is 3.83 Å². The zero-order valence-corrected chi connectivity index (χ0v) is 2.87. The van der Waals surface area contributed by atoms with Crippen LogP contribution in [0.1, 0.15) is 1.43 Å². The van der Waals surface area contributed by atoms with E-state index in [0.29, 0.717) is 0 Å². The molecule has 0 spiro atoms. The van der Waals surface area contributed by atoms with Crippen LogP contribution in [-0.4, -0.2) is 11.0 Å². The van der Waals surface area contributed by atoms with E-state index in [2.05, 4.69) is 0 Å². The van der Waals surface area contributed by atoms with Crippen LogP contribution in [0.15, 0.2) is 0 Å². The molecule has 0 saturated carbocycles. The summed E-state index contributed by atoms with van der Waals surface area (Å²) in [6, 6.07) is 0. The molecule has 0 radical (unpaired) electrons. The Labute approximate surface area is 51.2 Å². The van der Waals surface area contributed by atoms with Gasteiger partial charge in [0.15, 0.2) is 0 Å². The smallest absolute Gasteiger partial charge is 0.0149 e. The molecule has 0 unspecified atom stereocenters. The van der Waals surface area contributed by atoms with Crippen molar-refractivity contribution in [3.05, 3.63) is 0 Å². The van der Waals surface area contributed by atoms with Gasteiger partial charge < -0.3 is 1.43 Å². The summed E-state index contributed by atoms with van der Waals surface area (Å²) in [5, 5.41) is 0. The third kappa shape index (κ3) is 11.1. The Morgan fingerprint density at radius 1 is 1.50 bits per heavy atom. The molecule has 0 bridgehead atoms. The molecule has 24 valence electrons. The first kappa shape index (κ1) is 19.3. The monoisotopic (exact) mass is 112 g/mol.